The zero-order chi connectivity index (χ0) is 15.6. The van der Waals surface area contributed by atoms with Crippen molar-refractivity contribution in [3.8, 4) is 11.5 Å². The van der Waals surface area contributed by atoms with Crippen LogP contribution in [0.3, 0.4) is 0 Å². The number of methoxy groups -OCH3 is 1. The fraction of sp³-hybridized carbons (Fsp3) is 0.588. The van der Waals surface area contributed by atoms with Gasteiger partial charge in [-0.05, 0) is 37.1 Å². The Hall–Kier alpha value is -1.75. The summed E-state index contributed by atoms with van der Waals surface area (Å²) in [6, 6.07) is 7.49. The quantitative estimate of drug-likeness (QED) is 0.784. The maximum Gasteiger partial charge on any atom is 0.236 e. The first-order chi connectivity index (χ1) is 10.8. The van der Waals surface area contributed by atoms with Crippen molar-refractivity contribution < 1.29 is 14.3 Å². The Morgan fingerprint density at radius 3 is 2.36 bits per heavy atom. The summed E-state index contributed by atoms with van der Waals surface area (Å²) in [7, 11) is 1.64. The van der Waals surface area contributed by atoms with Crippen LogP contribution >= 0.6 is 0 Å². The fourth-order valence-corrected chi connectivity index (χ4v) is 2.54. The second kappa shape index (κ2) is 9.30. The molecule has 22 heavy (non-hydrogen) atoms. The average molecular weight is 306 g/mol. The number of carbonyl (C=O) groups excluding carboxylic acids is 1. The Labute approximate surface area is 132 Å². The summed E-state index contributed by atoms with van der Waals surface area (Å²) in [4.78, 5) is 14.0. The van der Waals surface area contributed by atoms with Crippen LogP contribution in [0.1, 0.15) is 25.7 Å². The largest absolute Gasteiger partial charge is 0.497 e. The molecule has 0 spiro atoms. The van der Waals surface area contributed by atoms with Gasteiger partial charge in [-0.25, -0.2) is 0 Å². The fourth-order valence-electron chi connectivity index (χ4n) is 2.54. The van der Waals surface area contributed by atoms with E-state index in [4.69, 9.17) is 9.47 Å². The molecular formula is C17H26N2O3. The van der Waals surface area contributed by atoms with Crippen LogP contribution in [-0.2, 0) is 4.79 Å². The Balaban J connectivity index is 1.59. The summed E-state index contributed by atoms with van der Waals surface area (Å²) >= 11 is 0. The standard InChI is InChI=1S/C17H26N2O3/c1-21-15-6-8-16(9-7-15)22-13-10-18-14-17(20)19-11-4-2-3-5-12-19/h6-9,18H,2-5,10-14H2,1H3. The Kier molecular flexibility index (Phi) is 7.03. The maximum atomic E-state index is 12.1. The van der Waals surface area contributed by atoms with E-state index in [1.807, 2.05) is 29.2 Å². The van der Waals surface area contributed by atoms with Gasteiger partial charge >= 0.3 is 0 Å². The van der Waals surface area contributed by atoms with E-state index in [-0.39, 0.29) is 5.91 Å². The molecule has 122 valence electrons. The van der Waals surface area contributed by atoms with Gasteiger partial charge in [0.25, 0.3) is 0 Å². The lowest BCUT2D eigenvalue weighted by Crippen LogP contribution is -2.39. The van der Waals surface area contributed by atoms with E-state index < -0.39 is 0 Å². The van der Waals surface area contributed by atoms with Gasteiger partial charge in [-0.3, -0.25) is 4.79 Å². The van der Waals surface area contributed by atoms with Gasteiger partial charge in [-0.2, -0.15) is 0 Å². The molecule has 5 nitrogen and oxygen atoms in total. The van der Waals surface area contributed by atoms with Gasteiger partial charge in [-0.1, -0.05) is 12.8 Å². The van der Waals surface area contributed by atoms with E-state index in [0.717, 1.165) is 37.4 Å². The van der Waals surface area contributed by atoms with Gasteiger partial charge < -0.3 is 19.7 Å². The van der Waals surface area contributed by atoms with Crippen molar-refractivity contribution in [2.75, 3.05) is 39.9 Å². The second-order valence-electron chi connectivity index (χ2n) is 5.50. The summed E-state index contributed by atoms with van der Waals surface area (Å²) in [6.07, 6.45) is 4.75. The molecular weight excluding hydrogens is 280 g/mol. The third kappa shape index (κ3) is 5.56. The molecule has 1 aromatic rings. The number of hydrogen-bond acceptors (Lipinski definition) is 4. The molecule has 1 amide bonds. The summed E-state index contributed by atoms with van der Waals surface area (Å²) in [5, 5.41) is 3.15. The van der Waals surface area contributed by atoms with Gasteiger partial charge in [0.15, 0.2) is 0 Å². The molecule has 0 unspecified atom stereocenters. The van der Waals surface area contributed by atoms with Gasteiger partial charge in [0.05, 0.1) is 13.7 Å². The lowest BCUT2D eigenvalue weighted by atomic mass is 10.2. The number of nitrogens with one attached hydrogen (secondary N) is 1. The molecule has 0 aliphatic carbocycles. The number of amides is 1. The zero-order valence-electron chi connectivity index (χ0n) is 13.3. The van der Waals surface area contributed by atoms with Gasteiger partial charge in [-0.15, -0.1) is 0 Å². The van der Waals surface area contributed by atoms with E-state index in [0.29, 0.717) is 19.7 Å². The molecule has 1 aliphatic heterocycles. The molecule has 1 fully saturated rings. The molecule has 0 bridgehead atoms. The Bertz CT molecular complexity index is 440. The highest BCUT2D eigenvalue weighted by Gasteiger charge is 2.14. The monoisotopic (exact) mass is 306 g/mol. The van der Waals surface area contributed by atoms with Crippen LogP contribution in [0, 0.1) is 0 Å². The van der Waals surface area contributed by atoms with Crippen molar-refractivity contribution in [3.05, 3.63) is 24.3 Å². The highest BCUT2D eigenvalue weighted by atomic mass is 16.5. The van der Waals surface area contributed by atoms with Gasteiger partial charge in [0.2, 0.25) is 5.91 Å². The Morgan fingerprint density at radius 1 is 1.09 bits per heavy atom. The first kappa shape index (κ1) is 16.6. The molecule has 1 heterocycles. The summed E-state index contributed by atoms with van der Waals surface area (Å²) < 4.78 is 10.7. The molecule has 1 aliphatic rings. The van der Waals surface area contributed by atoms with Crippen molar-refractivity contribution in [1.29, 1.82) is 0 Å². The molecule has 1 saturated heterocycles. The molecule has 0 radical (unpaired) electrons. The predicted octanol–water partition coefficient (Wildman–Crippen LogP) is 2.07. The highest BCUT2D eigenvalue weighted by molar-refractivity contribution is 5.78. The van der Waals surface area contributed by atoms with Crippen LogP contribution in [-0.4, -0.2) is 50.7 Å². The normalized spacial score (nSPS) is 15.2. The first-order valence-electron chi connectivity index (χ1n) is 8.05. The third-order valence-corrected chi connectivity index (χ3v) is 3.84. The minimum absolute atomic E-state index is 0.200. The summed E-state index contributed by atoms with van der Waals surface area (Å²) in [5.41, 5.74) is 0. The summed E-state index contributed by atoms with van der Waals surface area (Å²) in [5.74, 6) is 1.82. The first-order valence-corrected chi connectivity index (χ1v) is 8.05. The number of carbonyl (C=O) groups is 1. The van der Waals surface area contributed by atoms with E-state index in [1.165, 1.54) is 12.8 Å². The van der Waals surface area contributed by atoms with Gasteiger partial charge in [0.1, 0.15) is 18.1 Å². The van der Waals surface area contributed by atoms with Crippen LogP contribution < -0.4 is 14.8 Å². The van der Waals surface area contributed by atoms with E-state index in [9.17, 15) is 4.79 Å². The number of nitrogens with zero attached hydrogens (tertiary/aromatic N) is 1. The van der Waals surface area contributed by atoms with Crippen molar-refractivity contribution in [2.24, 2.45) is 0 Å². The number of hydrogen-bond donors (Lipinski definition) is 1. The Morgan fingerprint density at radius 2 is 1.73 bits per heavy atom. The zero-order valence-corrected chi connectivity index (χ0v) is 13.3. The van der Waals surface area contributed by atoms with Crippen LogP contribution in [0.15, 0.2) is 24.3 Å². The molecule has 0 atom stereocenters. The molecule has 1 N–H and O–H groups in total. The van der Waals surface area contributed by atoms with Crippen molar-refractivity contribution in [2.45, 2.75) is 25.7 Å². The van der Waals surface area contributed by atoms with Crippen LogP contribution in [0.2, 0.25) is 0 Å². The molecule has 0 aromatic heterocycles. The number of likely N-dealkylation sites (tertiary alicyclic amines) is 1. The van der Waals surface area contributed by atoms with Crippen molar-refractivity contribution in [3.63, 3.8) is 0 Å². The second-order valence-corrected chi connectivity index (χ2v) is 5.50. The predicted molar refractivity (Wildman–Crippen MR) is 86.4 cm³/mol. The van der Waals surface area contributed by atoms with E-state index >= 15 is 0 Å². The number of benzene rings is 1. The van der Waals surface area contributed by atoms with E-state index in [2.05, 4.69) is 5.32 Å². The molecule has 1 aromatic carbocycles. The maximum absolute atomic E-state index is 12.1. The smallest absolute Gasteiger partial charge is 0.236 e. The molecule has 2 rings (SSSR count). The van der Waals surface area contributed by atoms with Crippen LogP contribution in [0.4, 0.5) is 0 Å². The lowest BCUT2D eigenvalue weighted by molar-refractivity contribution is -0.130. The summed E-state index contributed by atoms with van der Waals surface area (Å²) in [6.45, 7) is 3.41. The third-order valence-electron chi connectivity index (χ3n) is 3.84. The van der Waals surface area contributed by atoms with Crippen LogP contribution in [0.5, 0.6) is 11.5 Å². The molecule has 5 heteroatoms. The van der Waals surface area contributed by atoms with E-state index in [1.54, 1.807) is 7.11 Å². The average Bonchev–Trinajstić information content (AvgIpc) is 2.84. The highest BCUT2D eigenvalue weighted by Crippen LogP contribution is 2.16. The van der Waals surface area contributed by atoms with Crippen molar-refractivity contribution >= 4 is 5.91 Å². The van der Waals surface area contributed by atoms with Crippen molar-refractivity contribution in [1.82, 2.24) is 10.2 Å². The minimum atomic E-state index is 0.200. The SMILES string of the molecule is COc1ccc(OCCNCC(=O)N2CCCCCC2)cc1. The topological polar surface area (TPSA) is 50.8 Å². The van der Waals surface area contributed by atoms with Crippen LogP contribution in [0.25, 0.3) is 0 Å². The lowest BCUT2D eigenvalue weighted by Gasteiger charge is -2.20. The number of ether oxygens (including phenoxy) is 2. The number of rotatable bonds is 7. The minimum Gasteiger partial charge on any atom is -0.497 e. The van der Waals surface area contributed by atoms with Gasteiger partial charge in [0, 0.05) is 19.6 Å². The molecule has 0 saturated carbocycles.